The molecule has 128 valence electrons. The van der Waals surface area contributed by atoms with E-state index in [9.17, 15) is 14.3 Å². The van der Waals surface area contributed by atoms with Crippen molar-refractivity contribution in [1.82, 2.24) is 14.9 Å². The van der Waals surface area contributed by atoms with Crippen molar-refractivity contribution >= 4 is 5.91 Å². The topological polar surface area (TPSA) is 78.5 Å². The van der Waals surface area contributed by atoms with Gasteiger partial charge in [0, 0.05) is 24.9 Å². The van der Waals surface area contributed by atoms with E-state index in [1.807, 2.05) is 0 Å². The summed E-state index contributed by atoms with van der Waals surface area (Å²) in [6.07, 6.45) is 3.56. The first-order valence-corrected chi connectivity index (χ1v) is 7.85. The SMILES string of the molecule is O=C(Cc1cnc[nH]1)N1CCO[C@](CO)(Cc2ccccc2F)C1. The van der Waals surface area contributed by atoms with Gasteiger partial charge in [0.05, 0.1) is 32.5 Å². The number of aliphatic hydroxyl groups is 1. The zero-order valence-corrected chi connectivity index (χ0v) is 13.2. The number of imidazole rings is 1. The Kier molecular flexibility index (Phi) is 4.92. The Morgan fingerprint density at radius 1 is 1.46 bits per heavy atom. The van der Waals surface area contributed by atoms with Gasteiger partial charge in [0.2, 0.25) is 5.91 Å². The van der Waals surface area contributed by atoms with Gasteiger partial charge in [-0.25, -0.2) is 9.37 Å². The Balaban J connectivity index is 1.72. The fourth-order valence-corrected chi connectivity index (χ4v) is 2.96. The molecule has 1 atom stereocenters. The number of hydrogen-bond donors (Lipinski definition) is 2. The van der Waals surface area contributed by atoms with E-state index >= 15 is 0 Å². The molecule has 1 aliphatic rings. The van der Waals surface area contributed by atoms with Crippen LogP contribution in [-0.4, -0.2) is 57.8 Å². The first-order valence-electron chi connectivity index (χ1n) is 7.85. The number of hydrogen-bond acceptors (Lipinski definition) is 4. The summed E-state index contributed by atoms with van der Waals surface area (Å²) in [7, 11) is 0. The van der Waals surface area contributed by atoms with E-state index in [2.05, 4.69) is 9.97 Å². The Morgan fingerprint density at radius 2 is 2.29 bits per heavy atom. The fraction of sp³-hybridized carbons (Fsp3) is 0.412. The first kappa shape index (κ1) is 16.6. The summed E-state index contributed by atoms with van der Waals surface area (Å²) >= 11 is 0. The number of nitrogens with one attached hydrogen (secondary N) is 1. The average molecular weight is 333 g/mol. The smallest absolute Gasteiger partial charge is 0.228 e. The van der Waals surface area contributed by atoms with Gasteiger partial charge in [0.25, 0.3) is 0 Å². The van der Waals surface area contributed by atoms with E-state index in [4.69, 9.17) is 4.74 Å². The molecule has 0 bridgehead atoms. The summed E-state index contributed by atoms with van der Waals surface area (Å²) in [4.78, 5) is 20.9. The zero-order valence-electron chi connectivity index (χ0n) is 13.2. The number of halogens is 1. The van der Waals surface area contributed by atoms with Gasteiger partial charge >= 0.3 is 0 Å². The maximum absolute atomic E-state index is 13.9. The van der Waals surface area contributed by atoms with Crippen molar-refractivity contribution in [2.24, 2.45) is 0 Å². The molecule has 3 rings (SSSR count). The molecule has 2 heterocycles. The largest absolute Gasteiger partial charge is 0.393 e. The van der Waals surface area contributed by atoms with Crippen LogP contribution >= 0.6 is 0 Å². The summed E-state index contributed by atoms with van der Waals surface area (Å²) in [6, 6.07) is 6.41. The Hall–Kier alpha value is -2.25. The predicted octanol–water partition coefficient (Wildman–Crippen LogP) is 0.924. The standard InChI is InChI=1S/C17H20FN3O3/c18-15-4-2-1-3-13(15)8-17(11-22)10-21(5-6-24-17)16(23)7-14-9-19-12-20-14/h1-4,9,12,22H,5-8,10-11H2,(H,19,20)/t17-/m1/s1. The molecular weight excluding hydrogens is 313 g/mol. The van der Waals surface area contributed by atoms with Crippen LogP contribution in [0.3, 0.4) is 0 Å². The van der Waals surface area contributed by atoms with Crippen LogP contribution in [0.5, 0.6) is 0 Å². The van der Waals surface area contributed by atoms with Crippen molar-refractivity contribution in [1.29, 1.82) is 0 Å². The number of nitrogens with zero attached hydrogens (tertiary/aromatic N) is 2. The number of aromatic amines is 1. The van der Waals surface area contributed by atoms with E-state index in [0.29, 0.717) is 18.7 Å². The normalized spacial score (nSPS) is 21.0. The number of aliphatic hydroxyl groups excluding tert-OH is 1. The summed E-state index contributed by atoms with van der Waals surface area (Å²) in [6.45, 7) is 0.704. The van der Waals surface area contributed by atoms with E-state index in [0.717, 1.165) is 5.69 Å². The van der Waals surface area contributed by atoms with Gasteiger partial charge in [0.15, 0.2) is 0 Å². The lowest BCUT2D eigenvalue weighted by atomic mass is 9.92. The number of H-pyrrole nitrogens is 1. The molecule has 0 unspecified atom stereocenters. The fourth-order valence-electron chi connectivity index (χ4n) is 2.96. The summed E-state index contributed by atoms with van der Waals surface area (Å²) < 4.78 is 19.7. The van der Waals surface area contributed by atoms with Crippen molar-refractivity contribution in [2.75, 3.05) is 26.3 Å². The highest BCUT2D eigenvalue weighted by molar-refractivity contribution is 5.78. The van der Waals surface area contributed by atoms with E-state index in [1.165, 1.54) is 12.4 Å². The number of carbonyl (C=O) groups excluding carboxylic acids is 1. The second-order valence-corrected chi connectivity index (χ2v) is 6.03. The number of amides is 1. The third-order valence-electron chi connectivity index (χ3n) is 4.26. The molecule has 1 aromatic carbocycles. The first-order chi connectivity index (χ1) is 11.6. The molecule has 1 aliphatic heterocycles. The van der Waals surface area contributed by atoms with Gasteiger partial charge in [0.1, 0.15) is 11.4 Å². The number of morpholine rings is 1. The average Bonchev–Trinajstić information content (AvgIpc) is 3.10. The molecule has 1 saturated heterocycles. The highest BCUT2D eigenvalue weighted by Crippen LogP contribution is 2.24. The third-order valence-corrected chi connectivity index (χ3v) is 4.26. The molecule has 0 aliphatic carbocycles. The van der Waals surface area contributed by atoms with Crippen LogP contribution in [0.1, 0.15) is 11.3 Å². The van der Waals surface area contributed by atoms with Gasteiger partial charge in [-0.2, -0.15) is 0 Å². The van der Waals surface area contributed by atoms with Crippen LogP contribution in [0, 0.1) is 5.82 Å². The van der Waals surface area contributed by atoms with E-state index < -0.39 is 5.60 Å². The molecule has 1 aromatic heterocycles. The molecule has 1 fully saturated rings. The van der Waals surface area contributed by atoms with Gasteiger partial charge in [-0.15, -0.1) is 0 Å². The van der Waals surface area contributed by atoms with Crippen molar-refractivity contribution in [3.63, 3.8) is 0 Å². The molecule has 0 radical (unpaired) electrons. The van der Waals surface area contributed by atoms with Crippen LogP contribution in [0.2, 0.25) is 0 Å². The van der Waals surface area contributed by atoms with Crippen molar-refractivity contribution < 1.29 is 19.0 Å². The maximum atomic E-state index is 13.9. The minimum absolute atomic E-state index is 0.0751. The minimum atomic E-state index is -0.982. The molecule has 7 heteroatoms. The molecule has 0 saturated carbocycles. The molecule has 2 aromatic rings. The Labute approximate surface area is 139 Å². The predicted molar refractivity (Wildman–Crippen MR) is 84.7 cm³/mol. The number of benzene rings is 1. The molecule has 1 amide bonds. The molecule has 0 spiro atoms. The quantitative estimate of drug-likeness (QED) is 0.853. The van der Waals surface area contributed by atoms with Crippen molar-refractivity contribution in [2.45, 2.75) is 18.4 Å². The molecule has 2 N–H and O–H groups in total. The number of aromatic nitrogens is 2. The van der Waals surface area contributed by atoms with Gasteiger partial charge < -0.3 is 19.7 Å². The van der Waals surface area contributed by atoms with Crippen LogP contribution in [0.25, 0.3) is 0 Å². The second-order valence-electron chi connectivity index (χ2n) is 6.03. The monoisotopic (exact) mass is 333 g/mol. The van der Waals surface area contributed by atoms with Gasteiger partial charge in [-0.3, -0.25) is 4.79 Å². The minimum Gasteiger partial charge on any atom is -0.393 e. The lowest BCUT2D eigenvalue weighted by Crippen LogP contribution is -2.57. The van der Waals surface area contributed by atoms with Crippen molar-refractivity contribution in [3.8, 4) is 0 Å². The lowest BCUT2D eigenvalue weighted by Gasteiger charge is -2.42. The molecule has 6 nitrogen and oxygen atoms in total. The lowest BCUT2D eigenvalue weighted by molar-refractivity contribution is -0.157. The number of rotatable bonds is 5. The summed E-state index contributed by atoms with van der Waals surface area (Å²) in [5.41, 5.74) is 0.217. The van der Waals surface area contributed by atoms with Gasteiger partial charge in [-0.1, -0.05) is 18.2 Å². The molecule has 24 heavy (non-hydrogen) atoms. The third kappa shape index (κ3) is 3.63. The number of carbonyl (C=O) groups is 1. The number of ether oxygens (including phenoxy) is 1. The Bertz CT molecular complexity index is 692. The second kappa shape index (κ2) is 7.11. The van der Waals surface area contributed by atoms with E-state index in [1.54, 1.807) is 29.3 Å². The summed E-state index contributed by atoms with van der Waals surface area (Å²) in [5, 5.41) is 9.85. The van der Waals surface area contributed by atoms with Crippen LogP contribution < -0.4 is 0 Å². The highest BCUT2D eigenvalue weighted by atomic mass is 19.1. The van der Waals surface area contributed by atoms with Crippen LogP contribution in [0.15, 0.2) is 36.8 Å². The highest BCUT2D eigenvalue weighted by Gasteiger charge is 2.38. The van der Waals surface area contributed by atoms with Crippen molar-refractivity contribution in [3.05, 3.63) is 53.9 Å². The van der Waals surface area contributed by atoms with Crippen LogP contribution in [0.4, 0.5) is 4.39 Å². The maximum Gasteiger partial charge on any atom is 0.228 e. The molecular formula is C17H20FN3O3. The summed E-state index contributed by atoms with van der Waals surface area (Å²) in [5.74, 6) is -0.413. The van der Waals surface area contributed by atoms with E-state index in [-0.39, 0.29) is 37.7 Å². The Morgan fingerprint density at radius 3 is 3.00 bits per heavy atom. The van der Waals surface area contributed by atoms with Crippen LogP contribution in [-0.2, 0) is 22.4 Å². The van der Waals surface area contributed by atoms with Gasteiger partial charge in [-0.05, 0) is 11.6 Å². The zero-order chi connectivity index (χ0) is 17.0.